The van der Waals surface area contributed by atoms with Crippen molar-refractivity contribution in [3.63, 3.8) is 0 Å². The first-order valence-corrected chi connectivity index (χ1v) is 6.87. The maximum absolute atomic E-state index is 10.9. The van der Waals surface area contributed by atoms with Gasteiger partial charge in [-0.05, 0) is 5.56 Å². The summed E-state index contributed by atoms with van der Waals surface area (Å²) >= 11 is 1.10. The van der Waals surface area contributed by atoms with Gasteiger partial charge in [-0.1, -0.05) is 41.7 Å². The molecule has 0 atom stereocenters. The fourth-order valence-corrected chi connectivity index (χ4v) is 2.35. The highest BCUT2D eigenvalue weighted by Gasteiger charge is 2.08. The predicted molar refractivity (Wildman–Crippen MR) is 53.7 cm³/mol. The number of hydrogen-bond acceptors (Lipinski definition) is 2. The zero-order valence-electron chi connectivity index (χ0n) is 6.51. The van der Waals surface area contributed by atoms with Gasteiger partial charge in [0.2, 0.25) is 0 Å². The number of benzene rings is 1. The molecule has 1 rings (SSSR count). The molecule has 0 spiro atoms. The molecule has 0 saturated carbocycles. The molecule has 0 fully saturated rings. The number of rotatable bonds is 3. The Hall–Kier alpha value is -0.280. The van der Waals surface area contributed by atoms with Crippen LogP contribution in [0.2, 0.25) is 0 Å². The van der Waals surface area contributed by atoms with Crippen molar-refractivity contribution in [2.45, 2.75) is 5.75 Å². The molecule has 0 aliphatic heterocycles. The van der Waals surface area contributed by atoms with Crippen LogP contribution in [0, 0.1) is 0 Å². The first-order chi connectivity index (χ1) is 5.58. The van der Waals surface area contributed by atoms with E-state index >= 15 is 0 Å². The smallest absolute Gasteiger partial charge is 0.261 e. The van der Waals surface area contributed by atoms with Crippen molar-refractivity contribution in [2.75, 3.05) is 0 Å². The second-order valence-electron chi connectivity index (χ2n) is 2.40. The van der Waals surface area contributed by atoms with Crippen molar-refractivity contribution < 1.29 is 4.57 Å². The third-order valence-corrected chi connectivity index (χ3v) is 3.74. The highest BCUT2D eigenvalue weighted by Crippen LogP contribution is 2.44. The third-order valence-electron chi connectivity index (χ3n) is 1.28. The van der Waals surface area contributed by atoms with Gasteiger partial charge in [-0.3, -0.25) is 15.6 Å². The first kappa shape index (κ1) is 9.81. The molecule has 66 valence electrons. The molecule has 0 radical (unpaired) electrons. The van der Waals surface area contributed by atoms with E-state index in [0.29, 0.717) is 5.75 Å². The normalized spacial score (nSPS) is 11.5. The summed E-state index contributed by atoms with van der Waals surface area (Å²) in [6.07, 6.45) is 0. The van der Waals surface area contributed by atoms with E-state index in [-0.39, 0.29) is 0 Å². The van der Waals surface area contributed by atoms with Crippen LogP contribution in [-0.4, -0.2) is 0 Å². The fourth-order valence-electron chi connectivity index (χ4n) is 0.750. The molecule has 0 saturated heterocycles. The molecule has 0 bridgehead atoms. The van der Waals surface area contributed by atoms with Gasteiger partial charge in [-0.2, -0.15) is 0 Å². The van der Waals surface area contributed by atoms with Gasteiger partial charge < -0.3 is 0 Å². The van der Waals surface area contributed by atoms with Crippen LogP contribution >= 0.6 is 18.0 Å². The quantitative estimate of drug-likeness (QED) is 0.735. The summed E-state index contributed by atoms with van der Waals surface area (Å²) in [5, 5.41) is 0. The summed E-state index contributed by atoms with van der Waals surface area (Å²) in [4.78, 5) is 0. The Balaban J connectivity index is 2.50. The Kier molecular flexibility index (Phi) is 3.35. The van der Waals surface area contributed by atoms with Gasteiger partial charge in [0.05, 0.1) is 0 Å². The molecular formula is C7H11N2OPS. The first-order valence-electron chi connectivity index (χ1n) is 3.43. The van der Waals surface area contributed by atoms with Gasteiger partial charge in [0.25, 0.3) is 6.65 Å². The lowest BCUT2D eigenvalue weighted by Crippen LogP contribution is -2.00. The number of hydrogen-bond donors (Lipinski definition) is 2. The van der Waals surface area contributed by atoms with Crippen LogP contribution in [0.3, 0.4) is 0 Å². The summed E-state index contributed by atoms with van der Waals surface area (Å²) in [5.74, 6) is 0.602. The lowest BCUT2D eigenvalue weighted by Gasteiger charge is -2.04. The largest absolute Gasteiger partial charge is 0.277 e. The van der Waals surface area contributed by atoms with E-state index in [0.717, 1.165) is 16.9 Å². The molecule has 4 N–H and O–H groups in total. The van der Waals surface area contributed by atoms with Crippen molar-refractivity contribution in [2.24, 2.45) is 11.0 Å². The van der Waals surface area contributed by atoms with Gasteiger partial charge in [0.15, 0.2) is 0 Å². The molecule has 12 heavy (non-hydrogen) atoms. The van der Waals surface area contributed by atoms with Crippen LogP contribution in [0.1, 0.15) is 5.56 Å². The van der Waals surface area contributed by atoms with Crippen molar-refractivity contribution in [3.05, 3.63) is 35.9 Å². The molecule has 0 aliphatic carbocycles. The minimum absolute atomic E-state index is 0.602. The molecule has 3 nitrogen and oxygen atoms in total. The summed E-state index contributed by atoms with van der Waals surface area (Å²) in [5.41, 5.74) is 11.4. The van der Waals surface area contributed by atoms with E-state index in [1.54, 1.807) is 0 Å². The molecule has 0 heterocycles. The Morgan fingerprint density at radius 1 is 1.25 bits per heavy atom. The van der Waals surface area contributed by atoms with Gasteiger partial charge >= 0.3 is 0 Å². The predicted octanol–water partition coefficient (Wildman–Crippen LogP) is 1.95. The molecule has 0 aliphatic rings. The van der Waals surface area contributed by atoms with E-state index in [1.165, 1.54) is 0 Å². The maximum atomic E-state index is 10.9. The van der Waals surface area contributed by atoms with Gasteiger partial charge in [-0.25, -0.2) is 0 Å². The maximum Gasteiger partial charge on any atom is 0.261 e. The van der Waals surface area contributed by atoms with Crippen LogP contribution in [0.5, 0.6) is 0 Å². The van der Waals surface area contributed by atoms with E-state index in [1.807, 2.05) is 30.3 Å². The van der Waals surface area contributed by atoms with E-state index in [9.17, 15) is 4.57 Å². The van der Waals surface area contributed by atoms with Crippen molar-refractivity contribution in [3.8, 4) is 0 Å². The van der Waals surface area contributed by atoms with Crippen LogP contribution < -0.4 is 11.0 Å². The molecule has 0 aromatic heterocycles. The van der Waals surface area contributed by atoms with Crippen LogP contribution in [0.4, 0.5) is 0 Å². The topological polar surface area (TPSA) is 69.1 Å². The van der Waals surface area contributed by atoms with Crippen molar-refractivity contribution in [1.29, 1.82) is 0 Å². The van der Waals surface area contributed by atoms with Gasteiger partial charge in [-0.15, -0.1) is 0 Å². The van der Waals surface area contributed by atoms with Crippen LogP contribution in [0.15, 0.2) is 30.3 Å². The average Bonchev–Trinajstić information content (AvgIpc) is 2.02. The zero-order chi connectivity index (χ0) is 9.03. The molecule has 0 unspecified atom stereocenters. The van der Waals surface area contributed by atoms with E-state index in [4.69, 9.17) is 11.0 Å². The second-order valence-corrected chi connectivity index (χ2v) is 6.73. The average molecular weight is 202 g/mol. The Morgan fingerprint density at radius 2 is 1.83 bits per heavy atom. The highest BCUT2D eigenvalue weighted by atomic mass is 32.7. The molecular weight excluding hydrogens is 191 g/mol. The summed E-state index contributed by atoms with van der Waals surface area (Å²) in [7, 11) is 0. The van der Waals surface area contributed by atoms with E-state index < -0.39 is 6.65 Å². The second kappa shape index (κ2) is 4.10. The lowest BCUT2D eigenvalue weighted by atomic mass is 10.2. The zero-order valence-corrected chi connectivity index (χ0v) is 8.22. The Morgan fingerprint density at radius 3 is 2.33 bits per heavy atom. The van der Waals surface area contributed by atoms with E-state index in [2.05, 4.69) is 0 Å². The molecule has 1 aromatic carbocycles. The van der Waals surface area contributed by atoms with Crippen molar-refractivity contribution >= 4 is 18.0 Å². The summed E-state index contributed by atoms with van der Waals surface area (Å²) < 4.78 is 10.9. The molecule has 5 heteroatoms. The van der Waals surface area contributed by atoms with Crippen LogP contribution in [-0.2, 0) is 10.3 Å². The SMILES string of the molecule is NP(N)(=O)SCc1ccccc1. The van der Waals surface area contributed by atoms with Crippen LogP contribution in [0.25, 0.3) is 0 Å². The highest BCUT2D eigenvalue weighted by molar-refractivity contribution is 8.56. The minimum atomic E-state index is -2.91. The summed E-state index contributed by atoms with van der Waals surface area (Å²) in [6.45, 7) is -2.91. The Bertz CT molecular complexity index is 285. The lowest BCUT2D eigenvalue weighted by molar-refractivity contribution is 0.587. The summed E-state index contributed by atoms with van der Waals surface area (Å²) in [6, 6.07) is 9.67. The van der Waals surface area contributed by atoms with Gasteiger partial charge in [0.1, 0.15) is 0 Å². The molecule has 0 amide bonds. The van der Waals surface area contributed by atoms with Crippen molar-refractivity contribution in [1.82, 2.24) is 0 Å². The monoisotopic (exact) mass is 202 g/mol. The fraction of sp³-hybridized carbons (Fsp3) is 0.143. The standard InChI is InChI=1S/C7H11N2OPS/c8-11(9,10)12-6-7-4-2-1-3-5-7/h1-5H,6H2,(H4,8,9,10). The Labute approximate surface area is 75.7 Å². The van der Waals surface area contributed by atoms with Gasteiger partial charge in [0, 0.05) is 5.75 Å². The minimum Gasteiger partial charge on any atom is -0.277 e. The number of nitrogens with two attached hydrogens (primary N) is 2. The third kappa shape index (κ3) is 3.93. The molecule has 1 aromatic rings.